The Labute approximate surface area is 236 Å². The monoisotopic (exact) mass is 550 g/mol. The Hall–Kier alpha value is -5.16. The van der Waals surface area contributed by atoms with Crippen molar-refractivity contribution in [2.75, 3.05) is 51.2 Å². The SMILES string of the molecule is CNc1ccc2nc(-c3ccc(OCCOCCOc4ccc(-c5nc6ccc(NC)cc6[nH]5)nc4)cn3)[nH]c2c1. The van der Waals surface area contributed by atoms with Crippen LogP contribution in [0, 0.1) is 0 Å². The van der Waals surface area contributed by atoms with E-state index in [4.69, 9.17) is 14.2 Å². The summed E-state index contributed by atoms with van der Waals surface area (Å²) in [5, 5.41) is 6.26. The number of rotatable bonds is 12. The number of ether oxygens (including phenoxy) is 3. The molecule has 11 nitrogen and oxygen atoms in total. The second kappa shape index (κ2) is 11.9. The Balaban J connectivity index is 0.913. The molecule has 2 aromatic carbocycles. The molecule has 11 heteroatoms. The molecule has 0 atom stereocenters. The van der Waals surface area contributed by atoms with Gasteiger partial charge in [0.1, 0.15) is 36.1 Å². The summed E-state index contributed by atoms with van der Waals surface area (Å²) < 4.78 is 17.1. The highest BCUT2D eigenvalue weighted by Gasteiger charge is 2.09. The number of hydrogen-bond donors (Lipinski definition) is 4. The van der Waals surface area contributed by atoms with Crippen LogP contribution in [0.15, 0.2) is 73.1 Å². The van der Waals surface area contributed by atoms with Crippen molar-refractivity contribution in [1.82, 2.24) is 29.9 Å². The lowest BCUT2D eigenvalue weighted by atomic mass is 10.3. The lowest BCUT2D eigenvalue weighted by Crippen LogP contribution is -2.12. The Morgan fingerprint density at radius 1 is 0.610 bits per heavy atom. The van der Waals surface area contributed by atoms with E-state index in [9.17, 15) is 0 Å². The van der Waals surface area contributed by atoms with E-state index in [0.717, 1.165) is 44.8 Å². The molecule has 0 aliphatic heterocycles. The number of fused-ring (bicyclic) bond motifs is 2. The summed E-state index contributed by atoms with van der Waals surface area (Å²) in [5.74, 6) is 2.76. The largest absolute Gasteiger partial charge is 0.490 e. The third-order valence-corrected chi connectivity index (χ3v) is 6.49. The van der Waals surface area contributed by atoms with Crippen molar-refractivity contribution in [3.05, 3.63) is 73.1 Å². The zero-order valence-corrected chi connectivity index (χ0v) is 22.8. The summed E-state index contributed by atoms with van der Waals surface area (Å²) in [7, 11) is 3.78. The van der Waals surface area contributed by atoms with E-state index >= 15 is 0 Å². The summed E-state index contributed by atoms with van der Waals surface area (Å²) >= 11 is 0. The maximum Gasteiger partial charge on any atom is 0.157 e. The quantitative estimate of drug-likeness (QED) is 0.153. The fourth-order valence-electron chi connectivity index (χ4n) is 4.32. The third-order valence-electron chi connectivity index (χ3n) is 6.49. The van der Waals surface area contributed by atoms with Crippen molar-refractivity contribution in [3.63, 3.8) is 0 Å². The molecule has 0 amide bonds. The van der Waals surface area contributed by atoms with Gasteiger partial charge in [-0.1, -0.05) is 0 Å². The van der Waals surface area contributed by atoms with Crippen molar-refractivity contribution >= 4 is 33.4 Å². The molecule has 4 heterocycles. The van der Waals surface area contributed by atoms with Crippen LogP contribution in [0.3, 0.4) is 0 Å². The number of aromatic amines is 2. The molecule has 0 radical (unpaired) electrons. The van der Waals surface area contributed by atoms with Gasteiger partial charge in [0.25, 0.3) is 0 Å². The average Bonchev–Trinajstić information content (AvgIpc) is 3.65. The Morgan fingerprint density at radius 3 is 1.51 bits per heavy atom. The van der Waals surface area contributed by atoms with Gasteiger partial charge >= 0.3 is 0 Å². The van der Waals surface area contributed by atoms with Crippen molar-refractivity contribution < 1.29 is 14.2 Å². The van der Waals surface area contributed by atoms with Crippen LogP contribution in [-0.4, -0.2) is 70.4 Å². The molecular formula is C30H30N8O3. The van der Waals surface area contributed by atoms with Gasteiger partial charge in [0.15, 0.2) is 11.6 Å². The van der Waals surface area contributed by atoms with Gasteiger partial charge in [0.05, 0.1) is 47.7 Å². The number of aromatic nitrogens is 6. The van der Waals surface area contributed by atoms with E-state index in [1.807, 2.05) is 74.8 Å². The fraction of sp³-hybridized carbons (Fsp3) is 0.200. The van der Waals surface area contributed by atoms with Gasteiger partial charge in [0.2, 0.25) is 0 Å². The lowest BCUT2D eigenvalue weighted by molar-refractivity contribution is 0.0762. The standard InChI is InChI=1S/C30H30N8O3/c1-31-19-3-7-23-27(15-19)37-29(35-23)25-9-5-21(17-33-25)40-13-11-39-12-14-41-22-6-10-26(34-18-22)30-36-24-8-4-20(32-2)16-28(24)38-30/h3-10,15-18,31-32H,11-14H2,1-2H3,(H,35,37)(H,36,38). The summed E-state index contributed by atoms with van der Waals surface area (Å²) in [6, 6.07) is 19.5. The summed E-state index contributed by atoms with van der Waals surface area (Å²) in [6.45, 7) is 1.67. The molecule has 0 aliphatic rings. The minimum Gasteiger partial charge on any atom is -0.490 e. The molecule has 6 aromatic rings. The van der Waals surface area contributed by atoms with Crippen LogP contribution in [0.1, 0.15) is 0 Å². The smallest absolute Gasteiger partial charge is 0.157 e. The Kier molecular flexibility index (Phi) is 7.59. The van der Waals surface area contributed by atoms with E-state index in [1.165, 1.54) is 0 Å². The third kappa shape index (κ3) is 6.04. The van der Waals surface area contributed by atoms with Crippen LogP contribution in [-0.2, 0) is 4.74 Å². The number of pyridine rings is 2. The fourth-order valence-corrected chi connectivity index (χ4v) is 4.32. The van der Waals surface area contributed by atoms with E-state index in [0.29, 0.717) is 49.6 Å². The second-order valence-electron chi connectivity index (χ2n) is 9.20. The molecule has 4 aromatic heterocycles. The van der Waals surface area contributed by atoms with Crippen molar-refractivity contribution in [2.45, 2.75) is 0 Å². The average molecular weight is 551 g/mol. The normalized spacial score (nSPS) is 11.2. The van der Waals surface area contributed by atoms with Crippen LogP contribution >= 0.6 is 0 Å². The van der Waals surface area contributed by atoms with Crippen LogP contribution in [0.2, 0.25) is 0 Å². The highest BCUT2D eigenvalue weighted by molar-refractivity contribution is 5.83. The number of hydrogen-bond acceptors (Lipinski definition) is 9. The van der Waals surface area contributed by atoms with E-state index in [-0.39, 0.29) is 0 Å². The number of nitrogens with one attached hydrogen (secondary N) is 4. The van der Waals surface area contributed by atoms with Gasteiger partial charge in [-0.05, 0) is 60.7 Å². The topological polar surface area (TPSA) is 135 Å². The van der Waals surface area contributed by atoms with Gasteiger partial charge < -0.3 is 34.8 Å². The maximum atomic E-state index is 5.75. The van der Waals surface area contributed by atoms with Gasteiger partial charge in [0, 0.05) is 25.5 Å². The minimum atomic E-state index is 0.405. The predicted molar refractivity (Wildman–Crippen MR) is 160 cm³/mol. The van der Waals surface area contributed by atoms with Crippen LogP contribution < -0.4 is 20.1 Å². The molecule has 0 aliphatic carbocycles. The molecular weight excluding hydrogens is 520 g/mol. The second-order valence-corrected chi connectivity index (χ2v) is 9.20. The number of anilines is 2. The van der Waals surface area contributed by atoms with E-state index in [1.54, 1.807) is 12.4 Å². The molecule has 208 valence electrons. The molecule has 0 spiro atoms. The van der Waals surface area contributed by atoms with Gasteiger partial charge in [-0.3, -0.25) is 0 Å². The minimum absolute atomic E-state index is 0.405. The highest BCUT2D eigenvalue weighted by atomic mass is 16.5. The summed E-state index contributed by atoms with van der Waals surface area (Å²) in [4.78, 5) is 24.8. The van der Waals surface area contributed by atoms with Gasteiger partial charge in [-0.15, -0.1) is 0 Å². The first kappa shape index (κ1) is 26.1. The summed E-state index contributed by atoms with van der Waals surface area (Å²) in [6.07, 6.45) is 3.37. The first-order valence-electron chi connectivity index (χ1n) is 13.3. The van der Waals surface area contributed by atoms with E-state index in [2.05, 4.69) is 40.5 Å². The maximum absolute atomic E-state index is 5.75. The molecule has 0 saturated heterocycles. The van der Waals surface area contributed by atoms with Crippen LogP contribution in [0.5, 0.6) is 11.5 Å². The zero-order valence-electron chi connectivity index (χ0n) is 22.8. The van der Waals surface area contributed by atoms with Crippen molar-refractivity contribution in [3.8, 4) is 34.5 Å². The zero-order chi connectivity index (χ0) is 28.0. The number of imidazole rings is 2. The first-order chi connectivity index (χ1) is 20.2. The predicted octanol–water partition coefficient (Wildman–Crippen LogP) is 5.12. The van der Waals surface area contributed by atoms with Crippen LogP contribution in [0.25, 0.3) is 45.1 Å². The highest BCUT2D eigenvalue weighted by Crippen LogP contribution is 2.24. The molecule has 0 bridgehead atoms. The molecule has 0 saturated carbocycles. The molecule has 4 N–H and O–H groups in total. The van der Waals surface area contributed by atoms with Crippen LogP contribution in [0.4, 0.5) is 11.4 Å². The first-order valence-corrected chi connectivity index (χ1v) is 13.3. The van der Waals surface area contributed by atoms with Gasteiger partial charge in [-0.2, -0.15) is 0 Å². The van der Waals surface area contributed by atoms with E-state index < -0.39 is 0 Å². The molecule has 0 unspecified atom stereocenters. The number of benzene rings is 2. The molecule has 41 heavy (non-hydrogen) atoms. The van der Waals surface area contributed by atoms with Crippen molar-refractivity contribution in [2.24, 2.45) is 0 Å². The lowest BCUT2D eigenvalue weighted by Gasteiger charge is -2.09. The number of H-pyrrole nitrogens is 2. The molecule has 6 rings (SSSR count). The Bertz CT molecular complexity index is 1620. The number of nitrogens with zero attached hydrogens (tertiary/aromatic N) is 4. The van der Waals surface area contributed by atoms with Crippen molar-refractivity contribution in [1.29, 1.82) is 0 Å². The van der Waals surface area contributed by atoms with Gasteiger partial charge in [-0.25, -0.2) is 19.9 Å². The Morgan fingerprint density at radius 2 is 1.10 bits per heavy atom. The summed E-state index contributed by atoms with van der Waals surface area (Å²) in [5.41, 5.74) is 7.22. The molecule has 0 fully saturated rings.